The molecule has 0 spiro atoms. The molecule has 0 saturated carbocycles. The lowest BCUT2D eigenvalue weighted by molar-refractivity contribution is -0.167. The van der Waals surface area contributed by atoms with E-state index in [0.717, 1.165) is 154 Å². The first-order valence-electron chi connectivity index (χ1n) is 33.8. The summed E-state index contributed by atoms with van der Waals surface area (Å²) in [7, 11) is 0. The van der Waals surface area contributed by atoms with E-state index in [2.05, 4.69) is 167 Å². The summed E-state index contributed by atoms with van der Waals surface area (Å²) in [5.41, 5.74) is 0. The monoisotopic (exact) mass is 1130 g/mol. The molecule has 464 valence electrons. The molecule has 0 heterocycles. The van der Waals surface area contributed by atoms with Crippen LogP contribution in [-0.2, 0) is 28.6 Å². The molecule has 0 aromatic heterocycles. The summed E-state index contributed by atoms with van der Waals surface area (Å²) in [6.07, 6.45) is 98.7. The summed E-state index contributed by atoms with van der Waals surface area (Å²) in [6, 6.07) is 0. The highest BCUT2D eigenvalue weighted by Gasteiger charge is 2.19. The number of carbonyl (C=O) groups is 3. The zero-order chi connectivity index (χ0) is 59.2. The minimum Gasteiger partial charge on any atom is -0.462 e. The van der Waals surface area contributed by atoms with E-state index in [1.165, 1.54) is 103 Å². The molecule has 1 atom stereocenters. The van der Waals surface area contributed by atoms with Crippen molar-refractivity contribution in [2.45, 2.75) is 303 Å². The largest absolute Gasteiger partial charge is 0.462 e. The number of hydrogen-bond donors (Lipinski definition) is 0. The number of hydrogen-bond acceptors (Lipinski definition) is 6. The van der Waals surface area contributed by atoms with Crippen molar-refractivity contribution in [3.8, 4) is 0 Å². The third kappa shape index (κ3) is 66.1. The van der Waals surface area contributed by atoms with E-state index in [-0.39, 0.29) is 31.1 Å². The van der Waals surface area contributed by atoms with Crippen LogP contribution >= 0.6 is 0 Å². The average molecular weight is 1130 g/mol. The second kappa shape index (κ2) is 68.8. The molecule has 0 radical (unpaired) electrons. The first-order chi connectivity index (χ1) is 40.5. The Labute approximate surface area is 506 Å². The maximum absolute atomic E-state index is 12.9. The molecule has 0 aromatic carbocycles. The minimum absolute atomic E-state index is 0.0896. The minimum atomic E-state index is -0.793. The van der Waals surface area contributed by atoms with Crippen molar-refractivity contribution < 1.29 is 28.6 Å². The van der Waals surface area contributed by atoms with Gasteiger partial charge in [0.05, 0.1) is 0 Å². The molecule has 1 unspecified atom stereocenters. The SMILES string of the molecule is CC/C=C\C/C=C\C/C=C\C/C=C\C/C=C\C/C=C\CCCCCCCCCCC(=O)OCC(COC(=O)CCCCCCC/C=C\CCC)OC(=O)CCCCCCCCCCCCC/C=C\C/C=C\C/C=C\C/C=C\C/C=C\CC. The van der Waals surface area contributed by atoms with Gasteiger partial charge in [0.1, 0.15) is 13.2 Å². The van der Waals surface area contributed by atoms with Crippen LogP contribution in [0.3, 0.4) is 0 Å². The highest BCUT2D eigenvalue weighted by Crippen LogP contribution is 2.16. The van der Waals surface area contributed by atoms with Crippen LogP contribution in [0.2, 0.25) is 0 Å². The fraction of sp³-hybridized carbons (Fsp3) is 0.645. The first-order valence-corrected chi connectivity index (χ1v) is 33.8. The van der Waals surface area contributed by atoms with E-state index in [4.69, 9.17) is 14.2 Å². The molecule has 0 N–H and O–H groups in total. The van der Waals surface area contributed by atoms with E-state index in [1.807, 2.05) is 0 Å². The van der Waals surface area contributed by atoms with Crippen LogP contribution in [0.1, 0.15) is 297 Å². The quantitative estimate of drug-likeness (QED) is 0.0261. The van der Waals surface area contributed by atoms with Crippen molar-refractivity contribution in [3.05, 3.63) is 146 Å². The van der Waals surface area contributed by atoms with Crippen LogP contribution in [-0.4, -0.2) is 37.2 Å². The standard InChI is InChI=1S/C76H124O6/c1-4-7-10-13-16-19-22-24-26-28-30-32-34-36-38-40-42-44-46-48-50-52-54-57-60-63-66-69-75(78)81-72-73(71-80-74(77)68-65-62-59-56-21-18-15-12-9-6-3)82-76(79)70-67-64-61-58-55-53-51-49-47-45-43-41-39-37-35-33-31-29-27-25-23-20-17-14-11-8-5-2/h7-8,10-12,15-17,19-20,24-27,30-33,36-39,42,44,73H,4-6,9,13-14,18,21-23,28-29,34-35,40-41,43,45-72H2,1-3H3/b10-7-,11-8-,15-12-,19-16-,20-17-,26-24-,27-25-,32-30-,33-31-,38-36-,39-37-,44-42-. The Balaban J connectivity index is 4.27. The molecule has 0 amide bonds. The Morgan fingerprint density at radius 3 is 0.756 bits per heavy atom. The molecule has 0 fully saturated rings. The van der Waals surface area contributed by atoms with Gasteiger partial charge in [-0.05, 0) is 135 Å². The van der Waals surface area contributed by atoms with E-state index in [9.17, 15) is 14.4 Å². The predicted molar refractivity (Wildman–Crippen MR) is 357 cm³/mol. The summed E-state index contributed by atoms with van der Waals surface area (Å²) in [5.74, 6) is -0.909. The van der Waals surface area contributed by atoms with Gasteiger partial charge >= 0.3 is 17.9 Å². The maximum Gasteiger partial charge on any atom is 0.306 e. The number of unbranched alkanes of at least 4 members (excludes halogenated alkanes) is 25. The molecule has 6 nitrogen and oxygen atoms in total. The van der Waals surface area contributed by atoms with Crippen molar-refractivity contribution in [2.75, 3.05) is 13.2 Å². The maximum atomic E-state index is 12.9. The molecule has 0 aliphatic heterocycles. The number of rotatable bonds is 60. The zero-order valence-corrected chi connectivity index (χ0v) is 53.2. The zero-order valence-electron chi connectivity index (χ0n) is 53.2. The fourth-order valence-corrected chi connectivity index (χ4v) is 9.06. The summed E-state index contributed by atoms with van der Waals surface area (Å²) in [6.45, 7) is 6.34. The molecule has 0 aliphatic carbocycles. The van der Waals surface area contributed by atoms with Gasteiger partial charge in [-0.2, -0.15) is 0 Å². The summed E-state index contributed by atoms with van der Waals surface area (Å²) >= 11 is 0. The molecule has 0 aliphatic rings. The number of allylic oxidation sites excluding steroid dienone is 24. The lowest BCUT2D eigenvalue weighted by Crippen LogP contribution is -2.30. The van der Waals surface area contributed by atoms with Crippen LogP contribution in [0.15, 0.2) is 146 Å². The van der Waals surface area contributed by atoms with Crippen LogP contribution in [0, 0.1) is 0 Å². The molecular weight excluding hydrogens is 1010 g/mol. The van der Waals surface area contributed by atoms with E-state index in [0.29, 0.717) is 19.3 Å². The van der Waals surface area contributed by atoms with Gasteiger partial charge in [0, 0.05) is 19.3 Å². The van der Waals surface area contributed by atoms with Gasteiger partial charge in [0.15, 0.2) is 6.10 Å². The van der Waals surface area contributed by atoms with Gasteiger partial charge in [0.25, 0.3) is 0 Å². The van der Waals surface area contributed by atoms with Gasteiger partial charge in [-0.25, -0.2) is 0 Å². The Morgan fingerprint density at radius 2 is 0.476 bits per heavy atom. The molecule has 0 aromatic rings. The Kier molecular flexibility index (Phi) is 64.8. The number of carbonyl (C=O) groups excluding carboxylic acids is 3. The summed E-state index contributed by atoms with van der Waals surface area (Å²) < 4.78 is 16.9. The van der Waals surface area contributed by atoms with E-state index < -0.39 is 6.10 Å². The second-order valence-electron chi connectivity index (χ2n) is 22.0. The molecular formula is C76H124O6. The molecule has 6 heteroatoms. The Morgan fingerprint density at radius 1 is 0.256 bits per heavy atom. The van der Waals surface area contributed by atoms with Crippen molar-refractivity contribution in [1.82, 2.24) is 0 Å². The van der Waals surface area contributed by atoms with Gasteiger partial charge in [-0.3, -0.25) is 14.4 Å². The second-order valence-corrected chi connectivity index (χ2v) is 22.0. The van der Waals surface area contributed by atoms with Crippen molar-refractivity contribution in [2.24, 2.45) is 0 Å². The van der Waals surface area contributed by atoms with E-state index in [1.54, 1.807) is 0 Å². The van der Waals surface area contributed by atoms with Gasteiger partial charge in [0.2, 0.25) is 0 Å². The van der Waals surface area contributed by atoms with Crippen LogP contribution in [0.25, 0.3) is 0 Å². The molecule has 82 heavy (non-hydrogen) atoms. The first kappa shape index (κ1) is 77.3. The summed E-state index contributed by atoms with van der Waals surface area (Å²) in [5, 5.41) is 0. The topological polar surface area (TPSA) is 78.9 Å². The van der Waals surface area contributed by atoms with Crippen LogP contribution in [0.4, 0.5) is 0 Å². The molecule has 0 bridgehead atoms. The average Bonchev–Trinajstić information content (AvgIpc) is 3.48. The third-order valence-corrected chi connectivity index (χ3v) is 14.0. The lowest BCUT2D eigenvalue weighted by Gasteiger charge is -2.18. The number of esters is 3. The summed E-state index contributed by atoms with van der Waals surface area (Å²) in [4.78, 5) is 38.3. The Bertz CT molecular complexity index is 1780. The third-order valence-electron chi connectivity index (χ3n) is 14.0. The lowest BCUT2D eigenvalue weighted by atomic mass is 10.0. The van der Waals surface area contributed by atoms with Crippen molar-refractivity contribution in [1.29, 1.82) is 0 Å². The Hall–Kier alpha value is -4.71. The van der Waals surface area contributed by atoms with Gasteiger partial charge < -0.3 is 14.2 Å². The number of ether oxygens (including phenoxy) is 3. The van der Waals surface area contributed by atoms with Crippen molar-refractivity contribution >= 4 is 17.9 Å². The highest BCUT2D eigenvalue weighted by atomic mass is 16.6. The van der Waals surface area contributed by atoms with Crippen LogP contribution < -0.4 is 0 Å². The molecule has 0 rings (SSSR count). The molecule has 0 saturated heterocycles. The highest BCUT2D eigenvalue weighted by molar-refractivity contribution is 5.71. The smallest absolute Gasteiger partial charge is 0.306 e. The van der Waals surface area contributed by atoms with E-state index >= 15 is 0 Å². The van der Waals surface area contributed by atoms with Gasteiger partial charge in [-0.15, -0.1) is 0 Å². The predicted octanol–water partition coefficient (Wildman–Crippen LogP) is 23.5. The normalized spacial score (nSPS) is 13.1. The van der Waals surface area contributed by atoms with Crippen molar-refractivity contribution in [3.63, 3.8) is 0 Å². The fourth-order valence-electron chi connectivity index (χ4n) is 9.06. The van der Waals surface area contributed by atoms with Crippen LogP contribution in [0.5, 0.6) is 0 Å². The van der Waals surface area contributed by atoms with Gasteiger partial charge in [-0.1, -0.05) is 289 Å².